The maximum absolute atomic E-state index is 12.2. The fourth-order valence-corrected chi connectivity index (χ4v) is 3.74. The lowest BCUT2D eigenvalue weighted by atomic mass is 10.2. The molecule has 0 atom stereocenters. The van der Waals surface area contributed by atoms with Gasteiger partial charge >= 0.3 is 0 Å². The Morgan fingerprint density at radius 3 is 2.43 bits per heavy atom. The third-order valence-electron chi connectivity index (χ3n) is 3.74. The number of nitrogens with one attached hydrogen (secondary N) is 1. The van der Waals surface area contributed by atoms with Gasteiger partial charge in [-0.15, -0.1) is 0 Å². The predicted octanol–water partition coefficient (Wildman–Crippen LogP) is 1.92. The lowest BCUT2D eigenvalue weighted by molar-refractivity contribution is -0.121. The highest BCUT2D eigenvalue weighted by molar-refractivity contribution is 7.91. The van der Waals surface area contributed by atoms with Gasteiger partial charge in [0.15, 0.2) is 9.84 Å². The number of methoxy groups -OCH3 is 1. The first-order valence-electron chi connectivity index (χ1n) is 7.17. The molecule has 0 unspecified atom stereocenters. The number of ether oxygens (including phenoxy) is 1. The van der Waals surface area contributed by atoms with Crippen LogP contribution in [0.5, 0.6) is 5.75 Å². The molecule has 5 nitrogen and oxygen atoms in total. The molecule has 21 heavy (non-hydrogen) atoms. The van der Waals surface area contributed by atoms with Crippen molar-refractivity contribution in [2.75, 3.05) is 12.9 Å². The topological polar surface area (TPSA) is 72.5 Å². The molecule has 1 N–H and O–H groups in total. The van der Waals surface area contributed by atoms with Crippen LogP contribution in [0.15, 0.2) is 29.2 Å². The number of hydrogen-bond acceptors (Lipinski definition) is 4. The van der Waals surface area contributed by atoms with Crippen molar-refractivity contribution in [1.82, 2.24) is 5.32 Å². The number of carbonyl (C=O) groups is 1. The average molecular weight is 311 g/mol. The van der Waals surface area contributed by atoms with Gasteiger partial charge in [0.25, 0.3) is 0 Å². The van der Waals surface area contributed by atoms with Crippen LogP contribution in [0.25, 0.3) is 0 Å². The minimum absolute atomic E-state index is 0.00482. The molecule has 2 rings (SSSR count). The molecule has 1 aliphatic carbocycles. The minimum atomic E-state index is -3.43. The summed E-state index contributed by atoms with van der Waals surface area (Å²) in [6, 6.07) is 6.43. The van der Waals surface area contributed by atoms with Crippen LogP contribution in [0.4, 0.5) is 0 Å². The number of hydrogen-bond donors (Lipinski definition) is 1. The van der Waals surface area contributed by atoms with Crippen molar-refractivity contribution >= 4 is 15.7 Å². The highest BCUT2D eigenvalue weighted by Crippen LogP contribution is 2.19. The van der Waals surface area contributed by atoms with Gasteiger partial charge in [-0.05, 0) is 37.1 Å². The Bertz CT molecular complexity index is 574. The number of benzene rings is 1. The molecule has 1 fully saturated rings. The second-order valence-corrected chi connectivity index (χ2v) is 7.40. The van der Waals surface area contributed by atoms with Gasteiger partial charge in [0.2, 0.25) is 5.91 Å². The maximum Gasteiger partial charge on any atom is 0.221 e. The SMILES string of the molecule is COc1ccc(S(=O)(=O)CCC(=O)NC2CCCC2)cc1. The van der Waals surface area contributed by atoms with Crippen molar-refractivity contribution in [2.45, 2.75) is 43.0 Å². The predicted molar refractivity (Wildman–Crippen MR) is 80.1 cm³/mol. The second kappa shape index (κ2) is 6.93. The van der Waals surface area contributed by atoms with E-state index >= 15 is 0 Å². The molecule has 0 aromatic heterocycles. The Labute approximate surface area is 125 Å². The average Bonchev–Trinajstić information content (AvgIpc) is 2.98. The number of sulfone groups is 1. The van der Waals surface area contributed by atoms with E-state index in [4.69, 9.17) is 4.74 Å². The van der Waals surface area contributed by atoms with E-state index < -0.39 is 9.84 Å². The molecule has 0 spiro atoms. The van der Waals surface area contributed by atoms with E-state index in [-0.39, 0.29) is 29.0 Å². The molecule has 116 valence electrons. The van der Waals surface area contributed by atoms with Gasteiger partial charge < -0.3 is 10.1 Å². The van der Waals surface area contributed by atoms with Crippen LogP contribution in [0.2, 0.25) is 0 Å². The molecule has 1 amide bonds. The van der Waals surface area contributed by atoms with Crippen LogP contribution in [0.1, 0.15) is 32.1 Å². The number of amides is 1. The van der Waals surface area contributed by atoms with E-state index in [9.17, 15) is 13.2 Å². The van der Waals surface area contributed by atoms with E-state index in [0.29, 0.717) is 5.75 Å². The third-order valence-corrected chi connectivity index (χ3v) is 5.47. The molecule has 0 saturated heterocycles. The maximum atomic E-state index is 12.2. The molecule has 0 radical (unpaired) electrons. The van der Waals surface area contributed by atoms with Gasteiger partial charge in [-0.1, -0.05) is 12.8 Å². The van der Waals surface area contributed by atoms with E-state index in [1.54, 1.807) is 12.1 Å². The zero-order valence-corrected chi connectivity index (χ0v) is 13.0. The lowest BCUT2D eigenvalue weighted by Gasteiger charge is -2.12. The molecule has 1 aliphatic rings. The fourth-order valence-electron chi connectivity index (χ4n) is 2.50. The van der Waals surface area contributed by atoms with Gasteiger partial charge in [-0.25, -0.2) is 8.42 Å². The summed E-state index contributed by atoms with van der Waals surface area (Å²) in [7, 11) is -1.91. The summed E-state index contributed by atoms with van der Waals surface area (Å²) in [6.07, 6.45) is 4.27. The van der Waals surface area contributed by atoms with Crippen LogP contribution in [0.3, 0.4) is 0 Å². The van der Waals surface area contributed by atoms with E-state index in [1.807, 2.05) is 0 Å². The highest BCUT2D eigenvalue weighted by atomic mass is 32.2. The molecule has 0 heterocycles. The Morgan fingerprint density at radius 1 is 1.24 bits per heavy atom. The minimum Gasteiger partial charge on any atom is -0.497 e. The Hall–Kier alpha value is -1.56. The quantitative estimate of drug-likeness (QED) is 0.871. The van der Waals surface area contributed by atoms with Crippen molar-refractivity contribution in [3.05, 3.63) is 24.3 Å². The highest BCUT2D eigenvalue weighted by Gasteiger charge is 2.20. The monoisotopic (exact) mass is 311 g/mol. The number of carbonyl (C=O) groups excluding carboxylic acids is 1. The molecule has 0 bridgehead atoms. The standard InChI is InChI=1S/C15H21NO4S/c1-20-13-6-8-14(9-7-13)21(18,19)11-10-15(17)16-12-4-2-3-5-12/h6-9,12H,2-5,10-11H2,1H3,(H,16,17). The van der Waals surface area contributed by atoms with Gasteiger partial charge in [0.1, 0.15) is 5.75 Å². The lowest BCUT2D eigenvalue weighted by Crippen LogP contribution is -2.33. The van der Waals surface area contributed by atoms with E-state index in [1.165, 1.54) is 19.2 Å². The zero-order chi connectivity index (χ0) is 15.3. The van der Waals surface area contributed by atoms with Crippen LogP contribution in [0, 0.1) is 0 Å². The van der Waals surface area contributed by atoms with Gasteiger partial charge in [0, 0.05) is 12.5 Å². The largest absolute Gasteiger partial charge is 0.497 e. The molecule has 0 aliphatic heterocycles. The zero-order valence-electron chi connectivity index (χ0n) is 12.2. The summed E-state index contributed by atoms with van der Waals surface area (Å²) in [4.78, 5) is 12.0. The third kappa shape index (κ3) is 4.46. The summed E-state index contributed by atoms with van der Waals surface area (Å²) >= 11 is 0. The van der Waals surface area contributed by atoms with Gasteiger partial charge in [-0.2, -0.15) is 0 Å². The first kappa shape index (κ1) is 15.8. The summed E-state index contributed by atoms with van der Waals surface area (Å²) in [5.74, 6) is 0.254. The summed E-state index contributed by atoms with van der Waals surface area (Å²) in [5, 5.41) is 2.90. The fraction of sp³-hybridized carbons (Fsp3) is 0.533. The summed E-state index contributed by atoms with van der Waals surface area (Å²) in [6.45, 7) is 0. The number of rotatable bonds is 6. The molecular weight excluding hydrogens is 290 g/mol. The van der Waals surface area contributed by atoms with Crippen molar-refractivity contribution in [3.8, 4) is 5.75 Å². The Morgan fingerprint density at radius 2 is 1.86 bits per heavy atom. The Kier molecular flexibility index (Phi) is 5.22. The first-order chi connectivity index (χ1) is 10.0. The van der Waals surface area contributed by atoms with Crippen LogP contribution < -0.4 is 10.1 Å². The molecule has 1 saturated carbocycles. The van der Waals surface area contributed by atoms with Crippen molar-refractivity contribution in [3.63, 3.8) is 0 Å². The smallest absolute Gasteiger partial charge is 0.221 e. The summed E-state index contributed by atoms with van der Waals surface area (Å²) < 4.78 is 29.3. The van der Waals surface area contributed by atoms with Crippen molar-refractivity contribution < 1.29 is 17.9 Å². The first-order valence-corrected chi connectivity index (χ1v) is 8.82. The molecular formula is C15H21NO4S. The van der Waals surface area contributed by atoms with Crippen molar-refractivity contribution in [1.29, 1.82) is 0 Å². The van der Waals surface area contributed by atoms with Crippen LogP contribution in [-0.4, -0.2) is 33.2 Å². The Balaban J connectivity index is 1.89. The van der Waals surface area contributed by atoms with Crippen LogP contribution in [-0.2, 0) is 14.6 Å². The summed E-state index contributed by atoms with van der Waals surface area (Å²) in [5.41, 5.74) is 0. The normalized spacial score (nSPS) is 15.9. The molecule has 1 aromatic carbocycles. The van der Waals surface area contributed by atoms with E-state index in [2.05, 4.69) is 5.32 Å². The van der Waals surface area contributed by atoms with E-state index in [0.717, 1.165) is 25.7 Å². The van der Waals surface area contributed by atoms with Gasteiger partial charge in [-0.3, -0.25) is 4.79 Å². The second-order valence-electron chi connectivity index (χ2n) is 5.29. The molecule has 1 aromatic rings. The molecule has 6 heteroatoms. The van der Waals surface area contributed by atoms with Crippen LogP contribution >= 0.6 is 0 Å². The van der Waals surface area contributed by atoms with Crippen molar-refractivity contribution in [2.24, 2.45) is 0 Å². The van der Waals surface area contributed by atoms with Gasteiger partial charge in [0.05, 0.1) is 17.8 Å².